The average molecular weight is 299 g/mol. The van der Waals surface area contributed by atoms with E-state index in [1.165, 1.54) is 12.1 Å². The number of alkyl halides is 4. The Hall–Kier alpha value is -0.910. The van der Waals surface area contributed by atoms with E-state index in [1.54, 1.807) is 6.92 Å². The number of ether oxygens (including phenoxy) is 2. The van der Waals surface area contributed by atoms with Gasteiger partial charge in [-0.25, -0.2) is 0 Å². The summed E-state index contributed by atoms with van der Waals surface area (Å²) in [5.41, 5.74) is -0.863. The molecule has 0 amide bonds. The molecule has 0 aliphatic carbocycles. The van der Waals surface area contributed by atoms with Crippen molar-refractivity contribution in [3.8, 4) is 11.5 Å². The first kappa shape index (κ1) is 13.2. The van der Waals surface area contributed by atoms with Crippen LogP contribution in [0.2, 0.25) is 0 Å². The summed E-state index contributed by atoms with van der Waals surface area (Å²) in [7, 11) is 0. The highest BCUT2D eigenvalue weighted by atomic mass is 79.9. The fraction of sp³-hybridized carbons (Fsp3) is 0.400. The zero-order chi connectivity index (χ0) is 12.2. The highest BCUT2D eigenvalue weighted by Gasteiger charge is 2.35. The fourth-order valence-electron chi connectivity index (χ4n) is 1.21. The second-order valence-corrected chi connectivity index (χ2v) is 3.27. The molecule has 0 radical (unpaired) electrons. The minimum atomic E-state index is -4.45. The molecule has 0 saturated carbocycles. The molecule has 0 N–H and O–H groups in total. The van der Waals surface area contributed by atoms with Crippen LogP contribution in [0.5, 0.6) is 11.5 Å². The fourth-order valence-corrected chi connectivity index (χ4v) is 1.44. The Morgan fingerprint density at radius 2 is 1.94 bits per heavy atom. The number of hydrogen-bond donors (Lipinski definition) is 0. The van der Waals surface area contributed by atoms with Gasteiger partial charge in [-0.2, -0.15) is 13.2 Å². The molecule has 0 aliphatic rings. The molecular weight excluding hydrogens is 289 g/mol. The molecule has 0 atom stereocenters. The number of benzene rings is 1. The van der Waals surface area contributed by atoms with E-state index in [9.17, 15) is 13.2 Å². The van der Waals surface area contributed by atoms with Crippen molar-refractivity contribution in [3.05, 3.63) is 23.8 Å². The van der Waals surface area contributed by atoms with Crippen molar-refractivity contribution in [1.29, 1.82) is 0 Å². The molecule has 0 aromatic heterocycles. The zero-order valence-electron chi connectivity index (χ0n) is 8.47. The molecule has 16 heavy (non-hydrogen) atoms. The lowest BCUT2D eigenvalue weighted by molar-refractivity contribution is -0.138. The summed E-state index contributed by atoms with van der Waals surface area (Å²) in [5, 5.41) is 0. The molecule has 1 rings (SSSR count). The molecule has 1 aromatic carbocycles. The molecule has 1 aromatic rings. The molecule has 2 nitrogen and oxygen atoms in total. The van der Waals surface area contributed by atoms with E-state index in [0.29, 0.717) is 0 Å². The number of halogens is 4. The Bertz CT molecular complexity index is 352. The number of rotatable bonds is 4. The van der Waals surface area contributed by atoms with Gasteiger partial charge in [0.15, 0.2) is 11.5 Å². The number of para-hydroxylation sites is 1. The molecule has 0 unspecified atom stereocenters. The van der Waals surface area contributed by atoms with Gasteiger partial charge in [0.2, 0.25) is 0 Å². The zero-order valence-corrected chi connectivity index (χ0v) is 10.1. The molecular formula is C10H10BrF3O2. The van der Waals surface area contributed by atoms with Crippen LogP contribution < -0.4 is 9.47 Å². The Kier molecular flexibility index (Phi) is 4.46. The molecule has 90 valence electrons. The van der Waals surface area contributed by atoms with E-state index < -0.39 is 11.7 Å². The SMILES string of the molecule is CCOc1cccc(C(F)(F)F)c1OCBr. The molecule has 6 heteroatoms. The van der Waals surface area contributed by atoms with Crippen molar-refractivity contribution in [2.45, 2.75) is 13.1 Å². The second kappa shape index (κ2) is 5.43. The lowest BCUT2D eigenvalue weighted by Crippen LogP contribution is -2.09. The van der Waals surface area contributed by atoms with Crippen molar-refractivity contribution in [2.24, 2.45) is 0 Å². The molecule has 0 spiro atoms. The van der Waals surface area contributed by atoms with E-state index >= 15 is 0 Å². The predicted octanol–water partition coefficient (Wildman–Crippen LogP) is 3.84. The van der Waals surface area contributed by atoms with Gasteiger partial charge >= 0.3 is 6.18 Å². The van der Waals surface area contributed by atoms with E-state index in [0.717, 1.165) is 6.07 Å². The Balaban J connectivity index is 3.21. The van der Waals surface area contributed by atoms with E-state index in [-0.39, 0.29) is 23.6 Å². The van der Waals surface area contributed by atoms with Crippen LogP contribution in [0.3, 0.4) is 0 Å². The van der Waals surface area contributed by atoms with Crippen molar-refractivity contribution >= 4 is 15.9 Å². The maximum absolute atomic E-state index is 12.6. The Labute approximate surface area is 99.5 Å². The highest BCUT2D eigenvalue weighted by molar-refractivity contribution is 9.09. The van der Waals surface area contributed by atoms with Gasteiger partial charge in [0, 0.05) is 0 Å². The third-order valence-corrected chi connectivity index (χ3v) is 2.01. The summed E-state index contributed by atoms with van der Waals surface area (Å²) in [6.07, 6.45) is -4.45. The monoisotopic (exact) mass is 298 g/mol. The Morgan fingerprint density at radius 1 is 1.25 bits per heavy atom. The van der Waals surface area contributed by atoms with Crippen molar-refractivity contribution in [2.75, 3.05) is 12.1 Å². The van der Waals surface area contributed by atoms with Crippen molar-refractivity contribution in [1.82, 2.24) is 0 Å². The van der Waals surface area contributed by atoms with Crippen LogP contribution in [-0.2, 0) is 6.18 Å². The van der Waals surface area contributed by atoms with E-state index in [4.69, 9.17) is 9.47 Å². The van der Waals surface area contributed by atoms with E-state index in [2.05, 4.69) is 15.9 Å². The second-order valence-electron chi connectivity index (χ2n) is 2.82. The largest absolute Gasteiger partial charge is 0.490 e. The van der Waals surface area contributed by atoms with Crippen LogP contribution in [0.25, 0.3) is 0 Å². The van der Waals surface area contributed by atoms with Gasteiger partial charge in [-0.05, 0) is 35.0 Å². The molecule has 0 heterocycles. The van der Waals surface area contributed by atoms with Gasteiger partial charge in [-0.15, -0.1) is 0 Å². The van der Waals surface area contributed by atoms with Gasteiger partial charge in [0.05, 0.1) is 6.61 Å². The summed E-state index contributed by atoms with van der Waals surface area (Å²) < 4.78 is 47.9. The molecule has 0 aliphatic heterocycles. The minimum Gasteiger partial charge on any atom is -0.490 e. The first-order chi connectivity index (χ1) is 7.50. The lowest BCUT2D eigenvalue weighted by Gasteiger charge is -2.16. The third-order valence-electron chi connectivity index (χ3n) is 1.78. The summed E-state index contributed by atoms with van der Waals surface area (Å²) in [6.45, 7) is 1.97. The molecule has 0 saturated heterocycles. The van der Waals surface area contributed by atoms with Crippen LogP contribution in [-0.4, -0.2) is 12.1 Å². The normalized spacial score (nSPS) is 11.3. The smallest absolute Gasteiger partial charge is 0.420 e. The highest BCUT2D eigenvalue weighted by Crippen LogP contribution is 2.41. The molecule has 0 fully saturated rings. The van der Waals surface area contributed by atoms with Gasteiger partial charge in [0.1, 0.15) is 11.1 Å². The summed E-state index contributed by atoms with van der Waals surface area (Å²) in [4.78, 5) is 0. The maximum atomic E-state index is 12.6. The summed E-state index contributed by atoms with van der Waals surface area (Å²) in [6, 6.07) is 3.69. The van der Waals surface area contributed by atoms with Crippen molar-refractivity contribution < 1.29 is 22.6 Å². The van der Waals surface area contributed by atoms with Crippen LogP contribution in [0, 0.1) is 0 Å². The van der Waals surface area contributed by atoms with Gasteiger partial charge in [-0.3, -0.25) is 0 Å². The standard InChI is InChI=1S/C10H10BrF3O2/c1-2-15-8-5-3-4-7(10(12,13)14)9(8)16-6-11/h3-5H,2,6H2,1H3. The molecule has 0 bridgehead atoms. The lowest BCUT2D eigenvalue weighted by atomic mass is 10.2. The van der Waals surface area contributed by atoms with Crippen LogP contribution in [0.15, 0.2) is 18.2 Å². The number of hydrogen-bond acceptors (Lipinski definition) is 2. The minimum absolute atomic E-state index is 0.0276. The maximum Gasteiger partial charge on any atom is 0.420 e. The summed E-state index contributed by atoms with van der Waals surface area (Å²) >= 11 is 2.93. The van der Waals surface area contributed by atoms with E-state index in [1.807, 2.05) is 0 Å². The van der Waals surface area contributed by atoms with Crippen molar-refractivity contribution in [3.63, 3.8) is 0 Å². The predicted molar refractivity (Wildman–Crippen MR) is 57.0 cm³/mol. The average Bonchev–Trinajstić information content (AvgIpc) is 2.19. The first-order valence-electron chi connectivity index (χ1n) is 4.52. The quantitative estimate of drug-likeness (QED) is 0.787. The van der Waals surface area contributed by atoms with Crippen LogP contribution in [0.4, 0.5) is 13.2 Å². The van der Waals surface area contributed by atoms with Gasteiger partial charge in [0.25, 0.3) is 0 Å². The summed E-state index contributed by atoms with van der Waals surface area (Å²) in [5.74, 6) is -0.189. The van der Waals surface area contributed by atoms with Crippen LogP contribution in [0.1, 0.15) is 12.5 Å². The third kappa shape index (κ3) is 3.04. The topological polar surface area (TPSA) is 18.5 Å². The van der Waals surface area contributed by atoms with Crippen LogP contribution >= 0.6 is 15.9 Å². The van der Waals surface area contributed by atoms with Gasteiger partial charge in [-0.1, -0.05) is 6.07 Å². The first-order valence-corrected chi connectivity index (χ1v) is 5.64. The van der Waals surface area contributed by atoms with Gasteiger partial charge < -0.3 is 9.47 Å². The Morgan fingerprint density at radius 3 is 2.44 bits per heavy atom.